The van der Waals surface area contributed by atoms with Crippen molar-refractivity contribution in [3.63, 3.8) is 0 Å². The Kier molecular flexibility index (Phi) is 5.39. The van der Waals surface area contributed by atoms with Crippen molar-refractivity contribution >= 4 is 6.08 Å². The maximum atomic E-state index is 5.73. The van der Waals surface area contributed by atoms with E-state index in [0.717, 1.165) is 19.6 Å². The molecule has 1 aromatic rings. The van der Waals surface area contributed by atoms with Crippen molar-refractivity contribution in [2.75, 3.05) is 26.7 Å². The largest absolute Gasteiger partial charge is 0.330 e. The van der Waals surface area contributed by atoms with Crippen LogP contribution >= 0.6 is 0 Å². The summed E-state index contributed by atoms with van der Waals surface area (Å²) >= 11 is 0. The van der Waals surface area contributed by atoms with E-state index in [0.29, 0.717) is 0 Å². The first-order valence-corrected chi connectivity index (χ1v) is 6.14. The SMILES string of the molecule is CN(CC=Cc1ccccc1)CC(C)(C)CN. The quantitative estimate of drug-likeness (QED) is 0.817. The lowest BCUT2D eigenvalue weighted by molar-refractivity contribution is 0.232. The predicted octanol–water partition coefficient (Wildman–Crippen LogP) is 2.62. The lowest BCUT2D eigenvalue weighted by atomic mass is 9.93. The second-order valence-corrected chi connectivity index (χ2v) is 5.38. The van der Waals surface area contributed by atoms with Crippen LogP contribution in [0.15, 0.2) is 36.4 Å². The second kappa shape index (κ2) is 6.58. The van der Waals surface area contributed by atoms with Crippen molar-refractivity contribution in [2.45, 2.75) is 13.8 Å². The molecule has 0 spiro atoms. The van der Waals surface area contributed by atoms with E-state index < -0.39 is 0 Å². The van der Waals surface area contributed by atoms with Crippen LogP contribution in [-0.2, 0) is 0 Å². The molecule has 0 aromatic heterocycles. The second-order valence-electron chi connectivity index (χ2n) is 5.38. The number of hydrogen-bond acceptors (Lipinski definition) is 2. The van der Waals surface area contributed by atoms with Crippen LogP contribution in [0.5, 0.6) is 0 Å². The summed E-state index contributed by atoms with van der Waals surface area (Å²) in [5.74, 6) is 0. The van der Waals surface area contributed by atoms with Crippen molar-refractivity contribution in [2.24, 2.45) is 11.1 Å². The third-order valence-corrected chi connectivity index (χ3v) is 2.78. The molecule has 94 valence electrons. The van der Waals surface area contributed by atoms with Gasteiger partial charge in [-0.3, -0.25) is 0 Å². The average molecular weight is 232 g/mol. The Hall–Kier alpha value is -1.12. The molecule has 2 N–H and O–H groups in total. The standard InChI is InChI=1S/C15H24N2/c1-15(2,12-16)13-17(3)11-7-10-14-8-5-4-6-9-14/h4-10H,11-13,16H2,1-3H3. The summed E-state index contributed by atoms with van der Waals surface area (Å²) in [4.78, 5) is 2.30. The van der Waals surface area contributed by atoms with Crippen LogP contribution in [-0.4, -0.2) is 31.6 Å². The van der Waals surface area contributed by atoms with E-state index in [4.69, 9.17) is 5.73 Å². The van der Waals surface area contributed by atoms with E-state index in [1.165, 1.54) is 5.56 Å². The van der Waals surface area contributed by atoms with Crippen LogP contribution in [0, 0.1) is 5.41 Å². The molecular formula is C15H24N2. The Labute approximate surface area is 105 Å². The Morgan fingerprint density at radius 2 is 1.88 bits per heavy atom. The Morgan fingerprint density at radius 1 is 1.24 bits per heavy atom. The van der Waals surface area contributed by atoms with Gasteiger partial charge in [0.1, 0.15) is 0 Å². The van der Waals surface area contributed by atoms with E-state index in [1.807, 2.05) is 6.07 Å². The molecule has 0 amide bonds. The summed E-state index contributed by atoms with van der Waals surface area (Å²) in [5.41, 5.74) is 7.17. The van der Waals surface area contributed by atoms with Gasteiger partial charge in [-0.25, -0.2) is 0 Å². The lowest BCUT2D eigenvalue weighted by Gasteiger charge is -2.28. The highest BCUT2D eigenvalue weighted by molar-refractivity contribution is 5.48. The first-order chi connectivity index (χ1) is 8.03. The van der Waals surface area contributed by atoms with Crippen LogP contribution in [0.25, 0.3) is 6.08 Å². The molecule has 0 saturated heterocycles. The van der Waals surface area contributed by atoms with Gasteiger partial charge in [-0.1, -0.05) is 56.3 Å². The minimum absolute atomic E-state index is 0.190. The molecular weight excluding hydrogens is 208 g/mol. The lowest BCUT2D eigenvalue weighted by Crippen LogP contribution is -2.36. The van der Waals surface area contributed by atoms with Gasteiger partial charge in [-0.05, 0) is 24.6 Å². The first-order valence-electron chi connectivity index (χ1n) is 6.14. The maximum Gasteiger partial charge on any atom is 0.0163 e. The van der Waals surface area contributed by atoms with E-state index >= 15 is 0 Å². The van der Waals surface area contributed by atoms with Gasteiger partial charge >= 0.3 is 0 Å². The van der Waals surface area contributed by atoms with Crippen molar-refractivity contribution in [1.82, 2.24) is 4.90 Å². The zero-order valence-electron chi connectivity index (χ0n) is 11.2. The summed E-state index contributed by atoms with van der Waals surface area (Å²) in [6.45, 7) is 7.09. The number of nitrogens with zero attached hydrogens (tertiary/aromatic N) is 1. The van der Waals surface area contributed by atoms with Crippen molar-refractivity contribution < 1.29 is 0 Å². The average Bonchev–Trinajstić information content (AvgIpc) is 2.30. The molecule has 1 aromatic carbocycles. The van der Waals surface area contributed by atoms with Gasteiger partial charge in [-0.15, -0.1) is 0 Å². The zero-order valence-corrected chi connectivity index (χ0v) is 11.2. The van der Waals surface area contributed by atoms with Crippen molar-refractivity contribution in [3.05, 3.63) is 42.0 Å². The molecule has 0 radical (unpaired) electrons. The molecule has 0 aliphatic heterocycles. The number of likely N-dealkylation sites (N-methyl/N-ethyl adjacent to an activating group) is 1. The normalized spacial score (nSPS) is 12.5. The molecule has 0 fully saturated rings. The number of hydrogen-bond donors (Lipinski definition) is 1. The highest BCUT2D eigenvalue weighted by Crippen LogP contribution is 2.13. The zero-order chi connectivity index (χ0) is 12.7. The molecule has 1 rings (SSSR count). The van der Waals surface area contributed by atoms with Gasteiger partial charge in [0.25, 0.3) is 0 Å². The summed E-state index contributed by atoms with van der Waals surface area (Å²) in [6.07, 6.45) is 4.36. The van der Waals surface area contributed by atoms with Gasteiger partial charge in [0.05, 0.1) is 0 Å². The van der Waals surface area contributed by atoms with E-state index in [9.17, 15) is 0 Å². The van der Waals surface area contributed by atoms with Gasteiger partial charge in [0.2, 0.25) is 0 Å². The third kappa shape index (κ3) is 5.66. The smallest absolute Gasteiger partial charge is 0.0163 e. The first kappa shape index (κ1) is 13.9. The maximum absolute atomic E-state index is 5.73. The molecule has 0 bridgehead atoms. The van der Waals surface area contributed by atoms with Gasteiger partial charge in [0, 0.05) is 13.1 Å². The predicted molar refractivity (Wildman–Crippen MR) is 75.8 cm³/mol. The Morgan fingerprint density at radius 3 is 2.47 bits per heavy atom. The van der Waals surface area contributed by atoms with E-state index in [1.54, 1.807) is 0 Å². The van der Waals surface area contributed by atoms with Gasteiger partial charge in [-0.2, -0.15) is 0 Å². The highest BCUT2D eigenvalue weighted by Gasteiger charge is 2.16. The number of benzene rings is 1. The fraction of sp³-hybridized carbons (Fsp3) is 0.467. The molecule has 0 aliphatic rings. The Bertz CT molecular complexity index is 341. The third-order valence-electron chi connectivity index (χ3n) is 2.78. The molecule has 2 nitrogen and oxygen atoms in total. The van der Waals surface area contributed by atoms with Crippen LogP contribution in [0.2, 0.25) is 0 Å². The Balaban J connectivity index is 2.38. The molecule has 0 saturated carbocycles. The van der Waals surface area contributed by atoms with E-state index in [-0.39, 0.29) is 5.41 Å². The molecule has 2 heteroatoms. The monoisotopic (exact) mass is 232 g/mol. The van der Waals surface area contributed by atoms with Crippen LogP contribution in [0.1, 0.15) is 19.4 Å². The number of nitrogens with two attached hydrogens (primary N) is 1. The van der Waals surface area contributed by atoms with Gasteiger partial charge < -0.3 is 10.6 Å². The summed E-state index contributed by atoms with van der Waals surface area (Å²) in [5, 5.41) is 0. The fourth-order valence-electron chi connectivity index (χ4n) is 1.79. The fourth-order valence-corrected chi connectivity index (χ4v) is 1.79. The molecule has 0 aliphatic carbocycles. The minimum atomic E-state index is 0.190. The van der Waals surface area contributed by atoms with Crippen molar-refractivity contribution in [1.29, 1.82) is 0 Å². The topological polar surface area (TPSA) is 29.3 Å². The van der Waals surface area contributed by atoms with Crippen LogP contribution in [0.4, 0.5) is 0 Å². The summed E-state index contributed by atoms with van der Waals surface area (Å²) in [6, 6.07) is 10.4. The van der Waals surface area contributed by atoms with E-state index in [2.05, 4.69) is 62.2 Å². The molecule has 0 heterocycles. The highest BCUT2D eigenvalue weighted by atomic mass is 15.1. The number of rotatable bonds is 6. The summed E-state index contributed by atoms with van der Waals surface area (Å²) < 4.78 is 0. The van der Waals surface area contributed by atoms with Crippen molar-refractivity contribution in [3.8, 4) is 0 Å². The molecule has 0 atom stereocenters. The van der Waals surface area contributed by atoms with Gasteiger partial charge in [0.15, 0.2) is 0 Å². The molecule has 17 heavy (non-hydrogen) atoms. The van der Waals surface area contributed by atoms with Crippen LogP contribution < -0.4 is 5.73 Å². The minimum Gasteiger partial charge on any atom is -0.330 e. The molecule has 0 unspecified atom stereocenters. The van der Waals surface area contributed by atoms with Crippen LogP contribution in [0.3, 0.4) is 0 Å². The summed E-state index contributed by atoms with van der Waals surface area (Å²) in [7, 11) is 2.13.